The first-order valence-electron chi connectivity index (χ1n) is 9.04. The van der Waals surface area contributed by atoms with Crippen LogP contribution < -0.4 is 0 Å². The van der Waals surface area contributed by atoms with Crippen LogP contribution in [0.2, 0.25) is 0 Å². The number of fused-ring (bicyclic) bond motifs is 3. The van der Waals surface area contributed by atoms with Crippen LogP contribution in [0.1, 0.15) is 37.8 Å². The van der Waals surface area contributed by atoms with Crippen LogP contribution in [0, 0.1) is 5.92 Å². The molecule has 25 heavy (non-hydrogen) atoms. The maximum absolute atomic E-state index is 13.3. The van der Waals surface area contributed by atoms with Crippen LogP contribution in [0.3, 0.4) is 0 Å². The summed E-state index contributed by atoms with van der Waals surface area (Å²) < 4.78 is 11.3. The van der Waals surface area contributed by atoms with Gasteiger partial charge in [0.15, 0.2) is 0 Å². The van der Waals surface area contributed by atoms with E-state index >= 15 is 0 Å². The van der Waals surface area contributed by atoms with Crippen molar-refractivity contribution < 1.29 is 14.3 Å². The Morgan fingerprint density at radius 3 is 1.96 bits per heavy atom. The molecule has 0 aromatic heterocycles. The van der Waals surface area contributed by atoms with Crippen LogP contribution in [0.4, 0.5) is 0 Å². The summed E-state index contributed by atoms with van der Waals surface area (Å²) in [6, 6.07) is 16.1. The summed E-state index contributed by atoms with van der Waals surface area (Å²) in [5.74, 6) is 0.189. The third kappa shape index (κ3) is 2.87. The van der Waals surface area contributed by atoms with Gasteiger partial charge in [0, 0.05) is 7.11 Å². The standard InChI is InChI=1S/C22H26O3/c1-4-16(5-2)14-25-21(23)22(15-24-3)19-12-8-6-10-17(19)18-11-7-9-13-20(18)22/h6-13,16H,4-5,14-15H2,1-3H3. The third-order valence-electron chi connectivity index (χ3n) is 5.38. The molecule has 1 aliphatic rings. The number of carbonyl (C=O) groups excluding carboxylic acids is 1. The van der Waals surface area contributed by atoms with Crippen molar-refractivity contribution in [2.75, 3.05) is 20.3 Å². The second-order valence-electron chi connectivity index (χ2n) is 6.71. The van der Waals surface area contributed by atoms with E-state index in [9.17, 15) is 4.79 Å². The van der Waals surface area contributed by atoms with Gasteiger partial charge in [0.2, 0.25) is 0 Å². The highest BCUT2D eigenvalue weighted by atomic mass is 16.5. The highest BCUT2D eigenvalue weighted by molar-refractivity contribution is 5.98. The molecule has 2 aromatic rings. The van der Waals surface area contributed by atoms with E-state index in [4.69, 9.17) is 9.47 Å². The van der Waals surface area contributed by atoms with E-state index in [1.807, 2.05) is 36.4 Å². The molecule has 0 saturated heterocycles. The van der Waals surface area contributed by atoms with Crippen molar-refractivity contribution in [1.29, 1.82) is 0 Å². The molecule has 0 aliphatic heterocycles. The number of esters is 1. The maximum Gasteiger partial charge on any atom is 0.323 e. The van der Waals surface area contributed by atoms with Crippen molar-refractivity contribution in [3.8, 4) is 11.1 Å². The Morgan fingerprint density at radius 2 is 1.48 bits per heavy atom. The highest BCUT2D eigenvalue weighted by Gasteiger charge is 2.50. The largest absolute Gasteiger partial charge is 0.464 e. The first-order valence-corrected chi connectivity index (χ1v) is 9.04. The molecular weight excluding hydrogens is 312 g/mol. The summed E-state index contributed by atoms with van der Waals surface area (Å²) in [7, 11) is 1.64. The van der Waals surface area contributed by atoms with Crippen LogP contribution in [0.5, 0.6) is 0 Å². The second-order valence-corrected chi connectivity index (χ2v) is 6.71. The molecule has 1 aliphatic carbocycles. The predicted molar refractivity (Wildman–Crippen MR) is 99.6 cm³/mol. The smallest absolute Gasteiger partial charge is 0.323 e. The predicted octanol–water partition coefficient (Wildman–Crippen LogP) is 4.58. The topological polar surface area (TPSA) is 35.5 Å². The molecule has 132 valence electrons. The molecule has 0 spiro atoms. The number of ether oxygens (including phenoxy) is 2. The number of methoxy groups -OCH3 is 1. The van der Waals surface area contributed by atoms with Gasteiger partial charge in [0.05, 0.1) is 13.2 Å². The molecule has 0 unspecified atom stereocenters. The van der Waals surface area contributed by atoms with Gasteiger partial charge in [-0.15, -0.1) is 0 Å². The molecule has 0 heterocycles. The molecule has 0 amide bonds. The molecule has 0 saturated carbocycles. The van der Waals surface area contributed by atoms with Crippen molar-refractivity contribution in [2.24, 2.45) is 5.92 Å². The van der Waals surface area contributed by atoms with Crippen molar-refractivity contribution in [3.63, 3.8) is 0 Å². The number of rotatable bonds is 7. The van der Waals surface area contributed by atoms with Gasteiger partial charge in [-0.1, -0.05) is 75.2 Å². The van der Waals surface area contributed by atoms with E-state index < -0.39 is 5.41 Å². The summed E-state index contributed by atoms with van der Waals surface area (Å²) in [5, 5.41) is 0. The van der Waals surface area contributed by atoms with Crippen molar-refractivity contribution in [3.05, 3.63) is 59.7 Å². The van der Waals surface area contributed by atoms with Gasteiger partial charge >= 0.3 is 5.97 Å². The summed E-state index contributed by atoms with van der Waals surface area (Å²) >= 11 is 0. The van der Waals surface area contributed by atoms with Gasteiger partial charge in [-0.05, 0) is 28.2 Å². The fraction of sp³-hybridized carbons (Fsp3) is 0.409. The van der Waals surface area contributed by atoms with Gasteiger partial charge in [-0.3, -0.25) is 4.79 Å². The lowest BCUT2D eigenvalue weighted by atomic mass is 9.79. The van der Waals surface area contributed by atoms with Crippen LogP contribution in [0.25, 0.3) is 11.1 Å². The van der Waals surface area contributed by atoms with Crippen molar-refractivity contribution >= 4 is 5.97 Å². The first-order chi connectivity index (χ1) is 12.2. The molecule has 3 heteroatoms. The number of benzene rings is 2. The average Bonchev–Trinajstić information content (AvgIpc) is 2.94. The fourth-order valence-corrected chi connectivity index (χ4v) is 3.82. The normalized spacial score (nSPS) is 14.2. The van der Waals surface area contributed by atoms with Crippen LogP contribution >= 0.6 is 0 Å². The molecule has 0 radical (unpaired) electrons. The summed E-state index contributed by atoms with van der Waals surface area (Å²) in [6.45, 7) is 5.00. The Kier molecular flexibility index (Phi) is 5.24. The summed E-state index contributed by atoms with van der Waals surface area (Å²) in [5.41, 5.74) is 3.26. The van der Waals surface area contributed by atoms with E-state index in [2.05, 4.69) is 26.0 Å². The van der Waals surface area contributed by atoms with E-state index in [-0.39, 0.29) is 12.6 Å². The monoisotopic (exact) mass is 338 g/mol. The number of hydrogen-bond acceptors (Lipinski definition) is 3. The lowest BCUT2D eigenvalue weighted by Gasteiger charge is -2.29. The van der Waals surface area contributed by atoms with Crippen molar-refractivity contribution in [1.82, 2.24) is 0 Å². The quantitative estimate of drug-likeness (QED) is 0.693. The Hall–Kier alpha value is -2.13. The zero-order chi connectivity index (χ0) is 17.9. The second kappa shape index (κ2) is 7.40. The maximum atomic E-state index is 13.3. The SMILES string of the molecule is CCC(CC)COC(=O)C1(COC)c2ccccc2-c2ccccc21. The Balaban J connectivity index is 2.06. The Morgan fingerprint density at radius 1 is 0.960 bits per heavy atom. The van der Waals surface area contributed by atoms with Gasteiger partial charge in [0.1, 0.15) is 5.41 Å². The minimum Gasteiger partial charge on any atom is -0.464 e. The molecule has 3 rings (SSSR count). The Bertz CT molecular complexity index is 701. The van der Waals surface area contributed by atoms with E-state index in [1.54, 1.807) is 7.11 Å². The first kappa shape index (κ1) is 17.7. The van der Waals surface area contributed by atoms with Crippen LogP contribution in [0.15, 0.2) is 48.5 Å². The van der Waals surface area contributed by atoms with E-state index in [1.165, 1.54) is 0 Å². The van der Waals surface area contributed by atoms with Gasteiger partial charge < -0.3 is 9.47 Å². The minimum atomic E-state index is -0.881. The molecule has 0 fully saturated rings. The average molecular weight is 338 g/mol. The van der Waals surface area contributed by atoms with E-state index in [0.29, 0.717) is 12.5 Å². The van der Waals surface area contributed by atoms with Crippen LogP contribution in [-0.2, 0) is 19.7 Å². The van der Waals surface area contributed by atoms with Crippen molar-refractivity contribution in [2.45, 2.75) is 32.1 Å². The molecule has 3 nitrogen and oxygen atoms in total. The zero-order valence-corrected chi connectivity index (χ0v) is 15.2. The molecule has 2 aromatic carbocycles. The molecule has 0 bridgehead atoms. The van der Waals surface area contributed by atoms with Gasteiger partial charge in [0.25, 0.3) is 0 Å². The fourth-order valence-electron chi connectivity index (χ4n) is 3.82. The lowest BCUT2D eigenvalue weighted by Crippen LogP contribution is -2.41. The van der Waals surface area contributed by atoms with Gasteiger partial charge in [-0.2, -0.15) is 0 Å². The van der Waals surface area contributed by atoms with Gasteiger partial charge in [-0.25, -0.2) is 0 Å². The zero-order valence-electron chi connectivity index (χ0n) is 15.2. The Labute approximate surface area is 150 Å². The number of carbonyl (C=O) groups is 1. The van der Waals surface area contributed by atoms with Crippen LogP contribution in [-0.4, -0.2) is 26.3 Å². The molecule has 0 atom stereocenters. The lowest BCUT2D eigenvalue weighted by molar-refractivity contribution is -0.152. The molecule has 0 N–H and O–H groups in total. The summed E-state index contributed by atoms with van der Waals surface area (Å²) in [4.78, 5) is 13.3. The number of hydrogen-bond donors (Lipinski definition) is 0. The summed E-state index contributed by atoms with van der Waals surface area (Å²) in [6.07, 6.45) is 2.02. The highest BCUT2D eigenvalue weighted by Crippen LogP contribution is 2.49. The van der Waals surface area contributed by atoms with E-state index in [0.717, 1.165) is 35.1 Å². The minimum absolute atomic E-state index is 0.210. The molecular formula is C22H26O3. The third-order valence-corrected chi connectivity index (χ3v) is 5.38.